The molecule has 1 nitrogen and oxygen atoms in total. The molecule has 0 amide bonds. The van der Waals surface area contributed by atoms with Crippen LogP contribution in [0.1, 0.15) is 50.7 Å². The molecule has 2 aromatic rings. The van der Waals surface area contributed by atoms with Crippen LogP contribution >= 0.6 is 0 Å². The molecule has 3 rings (SSSR count). The highest BCUT2D eigenvalue weighted by atomic mass is 16.3. The van der Waals surface area contributed by atoms with Crippen molar-refractivity contribution in [1.82, 2.24) is 0 Å². The number of aliphatic hydroxyl groups is 1. The minimum atomic E-state index is -0.348. The van der Waals surface area contributed by atoms with Gasteiger partial charge in [0.25, 0.3) is 0 Å². The summed E-state index contributed by atoms with van der Waals surface area (Å²) in [4.78, 5) is 0. The lowest BCUT2D eigenvalue weighted by Gasteiger charge is -2.38. The number of hydrogen-bond acceptors (Lipinski definition) is 1. The van der Waals surface area contributed by atoms with Crippen LogP contribution in [0.4, 0.5) is 0 Å². The van der Waals surface area contributed by atoms with E-state index in [-0.39, 0.29) is 11.5 Å². The van der Waals surface area contributed by atoms with Crippen molar-refractivity contribution in [3.8, 4) is 0 Å². The fraction of sp³-hybridized carbons (Fsp3) is 0.444. The summed E-state index contributed by atoms with van der Waals surface area (Å²) in [6.45, 7) is 2.25. The third kappa shape index (κ3) is 2.28. The maximum atomic E-state index is 10.9. The van der Waals surface area contributed by atoms with Gasteiger partial charge in [-0.05, 0) is 34.6 Å². The molecule has 0 aromatic heterocycles. The van der Waals surface area contributed by atoms with E-state index in [1.165, 1.54) is 30.0 Å². The Bertz CT molecular complexity index is 561. The molecule has 1 aliphatic rings. The molecule has 2 aromatic carbocycles. The van der Waals surface area contributed by atoms with E-state index in [1.54, 1.807) is 0 Å². The molecular weight excluding hydrogens is 232 g/mol. The van der Waals surface area contributed by atoms with E-state index in [0.29, 0.717) is 0 Å². The van der Waals surface area contributed by atoms with E-state index < -0.39 is 0 Å². The average Bonchev–Trinajstić information content (AvgIpc) is 2.47. The second-order valence-electron chi connectivity index (χ2n) is 6.19. The molecule has 0 heterocycles. The minimum absolute atomic E-state index is 0.0440. The monoisotopic (exact) mass is 254 g/mol. The van der Waals surface area contributed by atoms with Crippen molar-refractivity contribution in [3.05, 3.63) is 48.0 Å². The Balaban J connectivity index is 2.03. The molecule has 0 saturated heterocycles. The minimum Gasteiger partial charge on any atom is -0.388 e. The van der Waals surface area contributed by atoms with Crippen molar-refractivity contribution >= 4 is 10.8 Å². The highest BCUT2D eigenvalue weighted by Crippen LogP contribution is 2.46. The fourth-order valence-electron chi connectivity index (χ4n) is 3.50. The zero-order chi connectivity index (χ0) is 13.3. The third-order valence-corrected chi connectivity index (χ3v) is 4.77. The van der Waals surface area contributed by atoms with Crippen molar-refractivity contribution in [3.63, 3.8) is 0 Å². The Morgan fingerprint density at radius 2 is 1.63 bits per heavy atom. The van der Waals surface area contributed by atoms with Crippen LogP contribution in [0.5, 0.6) is 0 Å². The van der Waals surface area contributed by atoms with Crippen molar-refractivity contribution in [2.24, 2.45) is 5.41 Å². The first-order chi connectivity index (χ1) is 9.21. The summed E-state index contributed by atoms with van der Waals surface area (Å²) in [6, 6.07) is 14.6. The molecule has 0 aliphatic heterocycles. The predicted molar refractivity (Wildman–Crippen MR) is 80.1 cm³/mol. The van der Waals surface area contributed by atoms with Crippen LogP contribution in [0.2, 0.25) is 0 Å². The smallest absolute Gasteiger partial charge is 0.0849 e. The van der Waals surface area contributed by atoms with Crippen molar-refractivity contribution < 1.29 is 5.11 Å². The lowest BCUT2D eigenvalue weighted by atomic mass is 9.69. The lowest BCUT2D eigenvalue weighted by Crippen LogP contribution is -2.28. The first-order valence-corrected chi connectivity index (χ1v) is 7.36. The summed E-state index contributed by atoms with van der Waals surface area (Å²) < 4.78 is 0. The van der Waals surface area contributed by atoms with Gasteiger partial charge in [-0.1, -0.05) is 68.7 Å². The van der Waals surface area contributed by atoms with Gasteiger partial charge in [0.1, 0.15) is 0 Å². The van der Waals surface area contributed by atoms with Crippen LogP contribution in [-0.4, -0.2) is 5.11 Å². The highest BCUT2D eigenvalue weighted by molar-refractivity contribution is 5.86. The molecule has 100 valence electrons. The first-order valence-electron chi connectivity index (χ1n) is 7.36. The Labute approximate surface area is 115 Å². The van der Waals surface area contributed by atoms with Crippen molar-refractivity contribution in [2.75, 3.05) is 0 Å². The molecule has 1 aliphatic carbocycles. The first kappa shape index (κ1) is 12.7. The number of benzene rings is 2. The van der Waals surface area contributed by atoms with Gasteiger partial charge in [-0.25, -0.2) is 0 Å². The average molecular weight is 254 g/mol. The molecule has 0 spiro atoms. The quantitative estimate of drug-likeness (QED) is 0.812. The van der Waals surface area contributed by atoms with E-state index in [4.69, 9.17) is 0 Å². The Morgan fingerprint density at radius 1 is 0.947 bits per heavy atom. The maximum Gasteiger partial charge on any atom is 0.0849 e. The topological polar surface area (TPSA) is 20.2 Å². The maximum absolute atomic E-state index is 10.9. The SMILES string of the molecule is CC1(C(O)c2cccc3ccccc23)CCCCC1. The molecule has 0 radical (unpaired) electrons. The van der Waals surface area contributed by atoms with Crippen LogP contribution in [0.25, 0.3) is 10.8 Å². The van der Waals surface area contributed by atoms with Gasteiger partial charge in [0, 0.05) is 0 Å². The van der Waals surface area contributed by atoms with E-state index in [1.807, 2.05) is 0 Å². The summed E-state index contributed by atoms with van der Waals surface area (Å²) in [7, 11) is 0. The molecule has 1 atom stereocenters. The summed E-state index contributed by atoms with van der Waals surface area (Å²) in [6.07, 6.45) is 5.74. The third-order valence-electron chi connectivity index (χ3n) is 4.77. The van der Waals surface area contributed by atoms with Crippen molar-refractivity contribution in [1.29, 1.82) is 0 Å². The Hall–Kier alpha value is -1.34. The normalized spacial score (nSPS) is 20.3. The molecule has 1 heteroatoms. The van der Waals surface area contributed by atoms with Gasteiger partial charge in [-0.3, -0.25) is 0 Å². The molecule has 1 fully saturated rings. The second-order valence-corrected chi connectivity index (χ2v) is 6.19. The number of hydrogen-bond donors (Lipinski definition) is 1. The molecule has 1 N–H and O–H groups in total. The summed E-state index contributed by atoms with van der Waals surface area (Å²) in [5.74, 6) is 0. The van der Waals surface area contributed by atoms with Gasteiger partial charge in [-0.2, -0.15) is 0 Å². The van der Waals surface area contributed by atoms with Crippen LogP contribution in [0, 0.1) is 5.41 Å². The van der Waals surface area contributed by atoms with Gasteiger partial charge in [0.15, 0.2) is 0 Å². The van der Waals surface area contributed by atoms with Crippen LogP contribution in [0.3, 0.4) is 0 Å². The lowest BCUT2D eigenvalue weighted by molar-refractivity contribution is 0.00919. The summed E-state index contributed by atoms with van der Waals surface area (Å²) in [5, 5.41) is 13.3. The molecule has 1 unspecified atom stereocenters. The molecular formula is C18H22O. The van der Waals surface area contributed by atoms with Gasteiger partial charge >= 0.3 is 0 Å². The zero-order valence-electron chi connectivity index (χ0n) is 11.6. The number of aliphatic hydroxyl groups excluding tert-OH is 1. The van der Waals surface area contributed by atoms with Gasteiger partial charge in [0.05, 0.1) is 6.10 Å². The van der Waals surface area contributed by atoms with Crippen LogP contribution in [0.15, 0.2) is 42.5 Å². The van der Waals surface area contributed by atoms with Crippen molar-refractivity contribution in [2.45, 2.75) is 45.1 Å². The second kappa shape index (κ2) is 4.97. The molecule has 0 bridgehead atoms. The Kier molecular flexibility index (Phi) is 3.32. The van der Waals surface area contributed by atoms with Gasteiger partial charge in [-0.15, -0.1) is 0 Å². The fourth-order valence-corrected chi connectivity index (χ4v) is 3.50. The van der Waals surface area contributed by atoms with E-state index >= 15 is 0 Å². The predicted octanol–water partition coefficient (Wildman–Crippen LogP) is 4.84. The molecule has 1 saturated carbocycles. The van der Waals surface area contributed by atoms with Crippen LogP contribution < -0.4 is 0 Å². The van der Waals surface area contributed by atoms with Crippen LogP contribution in [-0.2, 0) is 0 Å². The zero-order valence-corrected chi connectivity index (χ0v) is 11.6. The van der Waals surface area contributed by atoms with Gasteiger partial charge in [0.2, 0.25) is 0 Å². The Morgan fingerprint density at radius 3 is 2.42 bits per heavy atom. The largest absolute Gasteiger partial charge is 0.388 e. The van der Waals surface area contributed by atoms with E-state index in [2.05, 4.69) is 49.4 Å². The van der Waals surface area contributed by atoms with Gasteiger partial charge < -0.3 is 5.11 Å². The molecule has 19 heavy (non-hydrogen) atoms. The summed E-state index contributed by atoms with van der Waals surface area (Å²) in [5.41, 5.74) is 1.14. The highest BCUT2D eigenvalue weighted by Gasteiger charge is 2.35. The van der Waals surface area contributed by atoms with E-state index in [9.17, 15) is 5.11 Å². The number of fused-ring (bicyclic) bond motifs is 1. The summed E-state index contributed by atoms with van der Waals surface area (Å²) >= 11 is 0. The number of rotatable bonds is 2. The standard InChI is InChI=1S/C18H22O/c1-18(12-5-2-6-13-18)17(19)16-11-7-9-14-8-3-4-10-15(14)16/h3-4,7-11,17,19H,2,5-6,12-13H2,1H3. The van der Waals surface area contributed by atoms with E-state index in [0.717, 1.165) is 18.4 Å².